The average Bonchev–Trinajstić information content (AvgIpc) is 2.48. The fourth-order valence-electron chi connectivity index (χ4n) is 2.37. The van der Waals surface area contributed by atoms with Gasteiger partial charge in [-0.2, -0.15) is 4.79 Å². The zero-order valence-corrected chi connectivity index (χ0v) is 12.3. The van der Waals surface area contributed by atoms with Crippen molar-refractivity contribution in [3.8, 4) is 5.69 Å². The molecule has 0 amide bonds. The standard InChI is InChI=1S/C17H17N2O2/c1-12-9-15(18(2)3)10-13-11-19(17(20)21-16(12)13)14-7-5-4-6-8-14/h4-11H,1-3H3/q+1. The third-order valence-corrected chi connectivity index (χ3v) is 3.49. The molecule has 106 valence electrons. The molecule has 3 aromatic rings. The quantitative estimate of drug-likeness (QED) is 0.677. The Bertz CT molecular complexity index is 852. The van der Waals surface area contributed by atoms with E-state index in [0.717, 1.165) is 22.3 Å². The van der Waals surface area contributed by atoms with Crippen molar-refractivity contribution in [3.05, 3.63) is 64.8 Å². The largest absolute Gasteiger partial charge is 0.608 e. The molecule has 0 saturated carbocycles. The van der Waals surface area contributed by atoms with Crippen LogP contribution >= 0.6 is 0 Å². The minimum Gasteiger partial charge on any atom is -0.378 e. The number of aryl methyl sites for hydroxylation is 1. The summed E-state index contributed by atoms with van der Waals surface area (Å²) in [6.07, 6.45) is 1.83. The molecule has 1 heterocycles. The molecule has 0 bridgehead atoms. The van der Waals surface area contributed by atoms with Crippen LogP contribution in [0.15, 0.2) is 57.9 Å². The van der Waals surface area contributed by atoms with Crippen molar-refractivity contribution >= 4 is 16.7 Å². The Morgan fingerprint density at radius 1 is 1.10 bits per heavy atom. The SMILES string of the molecule is Cc1cc(N(C)C)cc2c[n+](-c3ccccc3)c(=O)oc12. The topological polar surface area (TPSA) is 37.3 Å². The first kappa shape index (κ1) is 13.4. The second-order valence-electron chi connectivity index (χ2n) is 5.28. The van der Waals surface area contributed by atoms with Gasteiger partial charge < -0.3 is 9.32 Å². The smallest absolute Gasteiger partial charge is 0.378 e. The molecular formula is C17H17N2O2+. The molecule has 0 aliphatic heterocycles. The maximum absolute atomic E-state index is 12.2. The van der Waals surface area contributed by atoms with E-state index in [1.807, 2.05) is 74.6 Å². The monoisotopic (exact) mass is 281 g/mol. The lowest BCUT2D eigenvalue weighted by molar-refractivity contribution is -0.623. The molecule has 4 heteroatoms. The lowest BCUT2D eigenvalue weighted by atomic mass is 10.1. The van der Waals surface area contributed by atoms with E-state index in [1.165, 1.54) is 4.57 Å². The molecule has 4 nitrogen and oxygen atoms in total. The van der Waals surface area contributed by atoms with Gasteiger partial charge in [0.05, 0.1) is 5.39 Å². The van der Waals surface area contributed by atoms with Gasteiger partial charge in [-0.1, -0.05) is 22.8 Å². The highest BCUT2D eigenvalue weighted by Crippen LogP contribution is 2.23. The summed E-state index contributed by atoms with van der Waals surface area (Å²) in [4.78, 5) is 14.2. The van der Waals surface area contributed by atoms with Crippen molar-refractivity contribution in [2.75, 3.05) is 19.0 Å². The van der Waals surface area contributed by atoms with E-state index in [1.54, 1.807) is 0 Å². The van der Waals surface area contributed by atoms with Gasteiger partial charge in [0.25, 0.3) is 0 Å². The molecule has 0 spiro atoms. The van der Waals surface area contributed by atoms with E-state index >= 15 is 0 Å². The zero-order valence-electron chi connectivity index (χ0n) is 12.3. The van der Waals surface area contributed by atoms with Crippen molar-refractivity contribution in [3.63, 3.8) is 0 Å². The van der Waals surface area contributed by atoms with Gasteiger partial charge in [0.2, 0.25) is 5.69 Å². The molecule has 0 saturated heterocycles. The number of nitrogens with zero attached hydrogens (tertiary/aromatic N) is 2. The summed E-state index contributed by atoms with van der Waals surface area (Å²) >= 11 is 0. The molecule has 0 aliphatic rings. The molecule has 21 heavy (non-hydrogen) atoms. The van der Waals surface area contributed by atoms with Crippen molar-refractivity contribution in [2.45, 2.75) is 6.92 Å². The van der Waals surface area contributed by atoms with Gasteiger partial charge in [0.15, 0.2) is 11.8 Å². The number of benzene rings is 2. The number of hydrogen-bond acceptors (Lipinski definition) is 3. The Morgan fingerprint density at radius 3 is 2.48 bits per heavy atom. The number of rotatable bonds is 2. The highest BCUT2D eigenvalue weighted by Gasteiger charge is 2.17. The van der Waals surface area contributed by atoms with Gasteiger partial charge in [-0.05, 0) is 24.6 Å². The van der Waals surface area contributed by atoms with Gasteiger partial charge in [-0.25, -0.2) is 0 Å². The van der Waals surface area contributed by atoms with Crippen LogP contribution in [0.25, 0.3) is 16.7 Å². The molecule has 1 aromatic heterocycles. The lowest BCUT2D eigenvalue weighted by Gasteiger charge is -2.13. The summed E-state index contributed by atoms with van der Waals surface area (Å²) in [5.41, 5.74) is 3.46. The van der Waals surface area contributed by atoms with E-state index in [9.17, 15) is 4.79 Å². The summed E-state index contributed by atoms with van der Waals surface area (Å²) in [7, 11) is 3.98. The zero-order chi connectivity index (χ0) is 15.0. The molecule has 2 aromatic carbocycles. The molecular weight excluding hydrogens is 264 g/mol. The van der Waals surface area contributed by atoms with Crippen LogP contribution < -0.4 is 15.2 Å². The van der Waals surface area contributed by atoms with Crippen molar-refractivity contribution in [2.24, 2.45) is 0 Å². The molecule has 3 rings (SSSR count). The van der Waals surface area contributed by atoms with Crippen LogP contribution in [-0.2, 0) is 0 Å². The molecule has 0 N–H and O–H groups in total. The van der Waals surface area contributed by atoms with E-state index in [-0.39, 0.29) is 5.76 Å². The predicted molar refractivity (Wildman–Crippen MR) is 83.1 cm³/mol. The summed E-state index contributed by atoms with van der Waals surface area (Å²) in [5, 5.41) is 0.905. The Morgan fingerprint density at radius 2 is 1.81 bits per heavy atom. The summed E-state index contributed by atoms with van der Waals surface area (Å²) in [6, 6.07) is 13.5. The Labute approximate surface area is 122 Å². The van der Waals surface area contributed by atoms with E-state index in [2.05, 4.69) is 0 Å². The van der Waals surface area contributed by atoms with E-state index < -0.39 is 0 Å². The van der Waals surface area contributed by atoms with Crippen LogP contribution in [0, 0.1) is 6.92 Å². The van der Waals surface area contributed by atoms with Gasteiger partial charge in [-0.15, -0.1) is 0 Å². The molecule has 0 unspecified atom stereocenters. The first-order chi connectivity index (χ1) is 10.1. The number of hydrogen-bond donors (Lipinski definition) is 0. The second kappa shape index (κ2) is 5.05. The lowest BCUT2D eigenvalue weighted by Crippen LogP contribution is -2.46. The fourth-order valence-corrected chi connectivity index (χ4v) is 2.37. The maximum atomic E-state index is 12.2. The number of fused-ring (bicyclic) bond motifs is 1. The van der Waals surface area contributed by atoms with Crippen molar-refractivity contribution in [1.82, 2.24) is 0 Å². The predicted octanol–water partition coefficient (Wildman–Crippen LogP) is 2.44. The Balaban J connectivity index is 2.29. The number of para-hydroxylation sites is 1. The minimum absolute atomic E-state index is 0.380. The summed E-state index contributed by atoms with van der Waals surface area (Å²) in [5.74, 6) is -0.380. The Hall–Kier alpha value is -2.62. The van der Waals surface area contributed by atoms with Gasteiger partial charge in [-0.3, -0.25) is 0 Å². The van der Waals surface area contributed by atoms with Crippen LogP contribution in [0.5, 0.6) is 0 Å². The summed E-state index contributed by atoms with van der Waals surface area (Å²) in [6.45, 7) is 1.95. The minimum atomic E-state index is -0.380. The number of anilines is 1. The van der Waals surface area contributed by atoms with Gasteiger partial charge in [0, 0.05) is 31.9 Å². The van der Waals surface area contributed by atoms with E-state index in [4.69, 9.17) is 4.42 Å². The van der Waals surface area contributed by atoms with Gasteiger partial charge in [0.1, 0.15) is 0 Å². The molecule has 0 fully saturated rings. The fraction of sp³-hybridized carbons (Fsp3) is 0.176. The van der Waals surface area contributed by atoms with E-state index in [0.29, 0.717) is 5.58 Å². The number of aromatic nitrogens is 1. The maximum Gasteiger partial charge on any atom is 0.608 e. The normalized spacial score (nSPS) is 10.8. The van der Waals surface area contributed by atoms with Crippen molar-refractivity contribution in [1.29, 1.82) is 0 Å². The third-order valence-electron chi connectivity index (χ3n) is 3.49. The van der Waals surface area contributed by atoms with Gasteiger partial charge >= 0.3 is 5.76 Å². The van der Waals surface area contributed by atoms with Crippen LogP contribution in [-0.4, -0.2) is 14.1 Å². The summed E-state index contributed by atoms with van der Waals surface area (Å²) < 4.78 is 7.03. The first-order valence-corrected chi connectivity index (χ1v) is 6.79. The highest BCUT2D eigenvalue weighted by molar-refractivity contribution is 5.82. The molecule has 0 atom stereocenters. The van der Waals surface area contributed by atoms with Crippen LogP contribution in [0.3, 0.4) is 0 Å². The first-order valence-electron chi connectivity index (χ1n) is 6.79. The highest BCUT2D eigenvalue weighted by atomic mass is 16.4. The average molecular weight is 281 g/mol. The van der Waals surface area contributed by atoms with Crippen LogP contribution in [0.4, 0.5) is 5.69 Å². The molecule has 0 radical (unpaired) electrons. The third kappa shape index (κ3) is 2.40. The molecule has 0 aliphatic carbocycles. The van der Waals surface area contributed by atoms with Crippen LogP contribution in [0.1, 0.15) is 5.56 Å². The Kier molecular flexibility index (Phi) is 3.22. The van der Waals surface area contributed by atoms with Crippen LogP contribution in [0.2, 0.25) is 0 Å². The van der Waals surface area contributed by atoms with Crippen molar-refractivity contribution < 1.29 is 8.98 Å². The second-order valence-corrected chi connectivity index (χ2v) is 5.28.